The first-order valence-electron chi connectivity index (χ1n) is 5.88. The van der Waals surface area contributed by atoms with Gasteiger partial charge in [0.05, 0.1) is 13.7 Å². The van der Waals surface area contributed by atoms with Gasteiger partial charge < -0.3 is 10.1 Å². The molecule has 1 unspecified atom stereocenters. The molecule has 1 rings (SSSR count). The minimum atomic E-state index is -4.33. The predicted octanol–water partition coefficient (Wildman–Crippen LogP) is 0.691. The predicted molar refractivity (Wildman–Crippen MR) is 60.3 cm³/mol. The number of carbonyl (C=O) groups excluding carboxylic acids is 2. The summed E-state index contributed by atoms with van der Waals surface area (Å²) in [5, 5.41) is 2.31. The van der Waals surface area contributed by atoms with Crippen molar-refractivity contribution in [1.29, 1.82) is 0 Å². The third kappa shape index (κ3) is 5.91. The molecular weight excluding hydrogens is 265 g/mol. The van der Waals surface area contributed by atoms with Gasteiger partial charge in [-0.1, -0.05) is 0 Å². The standard InChI is InChI=1S/C11H17F3N2O3/c1-7(17)15-9(10(18)19-2)5-16(8-3-4-8)6-11(12,13)14/h8-9H,3-6H2,1-2H3,(H,15,17). The molecule has 0 saturated heterocycles. The molecule has 1 atom stereocenters. The number of hydrogen-bond donors (Lipinski definition) is 1. The maximum atomic E-state index is 12.4. The molecule has 19 heavy (non-hydrogen) atoms. The molecule has 1 fully saturated rings. The summed E-state index contributed by atoms with van der Waals surface area (Å²) in [5.74, 6) is -1.24. The molecule has 1 saturated carbocycles. The lowest BCUT2D eigenvalue weighted by atomic mass is 10.2. The average molecular weight is 282 g/mol. The number of rotatable bonds is 6. The average Bonchev–Trinajstić information content (AvgIpc) is 3.07. The van der Waals surface area contributed by atoms with Crippen LogP contribution in [-0.4, -0.2) is 55.2 Å². The van der Waals surface area contributed by atoms with Gasteiger partial charge in [-0.05, 0) is 12.8 Å². The van der Waals surface area contributed by atoms with Crippen LogP contribution in [-0.2, 0) is 14.3 Å². The number of carbonyl (C=O) groups is 2. The van der Waals surface area contributed by atoms with Crippen LogP contribution in [0.3, 0.4) is 0 Å². The fourth-order valence-electron chi connectivity index (χ4n) is 1.81. The van der Waals surface area contributed by atoms with Gasteiger partial charge in [-0.3, -0.25) is 9.69 Å². The molecule has 1 N–H and O–H groups in total. The van der Waals surface area contributed by atoms with E-state index in [1.807, 2.05) is 0 Å². The van der Waals surface area contributed by atoms with Gasteiger partial charge in [0.15, 0.2) is 0 Å². The highest BCUT2D eigenvalue weighted by atomic mass is 19.4. The van der Waals surface area contributed by atoms with Crippen molar-refractivity contribution in [2.24, 2.45) is 0 Å². The maximum absolute atomic E-state index is 12.4. The minimum absolute atomic E-state index is 0.178. The Morgan fingerprint density at radius 3 is 2.37 bits per heavy atom. The molecule has 5 nitrogen and oxygen atoms in total. The number of nitrogens with zero attached hydrogens (tertiary/aromatic N) is 1. The Morgan fingerprint density at radius 2 is 2.00 bits per heavy atom. The van der Waals surface area contributed by atoms with Gasteiger partial charge in [-0.15, -0.1) is 0 Å². The van der Waals surface area contributed by atoms with Crippen LogP contribution < -0.4 is 5.32 Å². The van der Waals surface area contributed by atoms with E-state index in [4.69, 9.17) is 0 Å². The number of hydrogen-bond acceptors (Lipinski definition) is 4. The quantitative estimate of drug-likeness (QED) is 0.728. The minimum Gasteiger partial charge on any atom is -0.467 e. The lowest BCUT2D eigenvalue weighted by molar-refractivity contribution is -0.154. The van der Waals surface area contributed by atoms with Gasteiger partial charge in [-0.25, -0.2) is 4.79 Å². The van der Waals surface area contributed by atoms with Crippen LogP contribution in [0.2, 0.25) is 0 Å². The van der Waals surface area contributed by atoms with Gasteiger partial charge in [-0.2, -0.15) is 13.2 Å². The van der Waals surface area contributed by atoms with E-state index >= 15 is 0 Å². The van der Waals surface area contributed by atoms with Gasteiger partial charge in [0.1, 0.15) is 6.04 Å². The van der Waals surface area contributed by atoms with Gasteiger partial charge in [0.25, 0.3) is 0 Å². The van der Waals surface area contributed by atoms with Crippen LogP contribution in [0, 0.1) is 0 Å². The van der Waals surface area contributed by atoms with Crippen molar-refractivity contribution in [3.63, 3.8) is 0 Å². The van der Waals surface area contributed by atoms with Gasteiger partial charge in [0, 0.05) is 19.5 Å². The third-order valence-corrected chi connectivity index (χ3v) is 2.73. The molecule has 0 bridgehead atoms. The molecule has 110 valence electrons. The summed E-state index contributed by atoms with van der Waals surface area (Å²) in [4.78, 5) is 23.6. The first kappa shape index (κ1) is 15.7. The molecule has 1 aliphatic carbocycles. The zero-order chi connectivity index (χ0) is 14.6. The number of ether oxygens (including phenoxy) is 1. The highest BCUT2D eigenvalue weighted by Gasteiger charge is 2.40. The molecular formula is C11H17F3N2O3. The van der Waals surface area contributed by atoms with Gasteiger partial charge in [0.2, 0.25) is 5.91 Å². The van der Waals surface area contributed by atoms with E-state index in [0.717, 1.165) is 12.0 Å². The van der Waals surface area contributed by atoms with E-state index in [2.05, 4.69) is 10.1 Å². The summed E-state index contributed by atoms with van der Waals surface area (Å²) in [6, 6.07) is -1.26. The van der Waals surface area contributed by atoms with Crippen molar-refractivity contribution >= 4 is 11.9 Å². The number of amides is 1. The number of nitrogens with one attached hydrogen (secondary N) is 1. The largest absolute Gasteiger partial charge is 0.467 e. The highest BCUT2D eigenvalue weighted by Crippen LogP contribution is 2.30. The van der Waals surface area contributed by atoms with Crippen molar-refractivity contribution in [1.82, 2.24) is 10.2 Å². The van der Waals surface area contributed by atoms with E-state index < -0.39 is 30.6 Å². The Hall–Kier alpha value is -1.31. The fraction of sp³-hybridized carbons (Fsp3) is 0.818. The molecule has 0 aliphatic heterocycles. The van der Waals surface area contributed by atoms with Crippen LogP contribution in [0.15, 0.2) is 0 Å². The van der Waals surface area contributed by atoms with Crippen LogP contribution in [0.5, 0.6) is 0 Å². The molecule has 0 aromatic carbocycles. The second kappa shape index (κ2) is 6.23. The van der Waals surface area contributed by atoms with Gasteiger partial charge >= 0.3 is 12.1 Å². The summed E-state index contributed by atoms with van der Waals surface area (Å²) in [7, 11) is 1.13. The zero-order valence-electron chi connectivity index (χ0n) is 10.8. The van der Waals surface area contributed by atoms with Crippen LogP contribution in [0.4, 0.5) is 13.2 Å². The van der Waals surface area contributed by atoms with E-state index in [1.165, 1.54) is 6.92 Å². The molecule has 0 aromatic heterocycles. The number of esters is 1. The number of alkyl halides is 3. The molecule has 0 heterocycles. The van der Waals surface area contributed by atoms with E-state index in [-0.39, 0.29) is 12.6 Å². The molecule has 1 amide bonds. The molecule has 1 aliphatic rings. The first-order chi connectivity index (χ1) is 8.73. The Labute approximate surface area is 109 Å². The summed E-state index contributed by atoms with van der Waals surface area (Å²) in [5.41, 5.74) is 0. The normalized spacial score (nSPS) is 17.2. The summed E-state index contributed by atoms with van der Waals surface area (Å²) >= 11 is 0. The summed E-state index contributed by atoms with van der Waals surface area (Å²) < 4.78 is 41.8. The maximum Gasteiger partial charge on any atom is 0.401 e. The number of methoxy groups -OCH3 is 1. The van der Waals surface area contributed by atoms with Crippen LogP contribution in [0.25, 0.3) is 0 Å². The Balaban J connectivity index is 2.67. The topological polar surface area (TPSA) is 58.6 Å². The van der Waals surface area contributed by atoms with Crippen molar-refractivity contribution in [3.8, 4) is 0 Å². The lowest BCUT2D eigenvalue weighted by Gasteiger charge is -2.27. The summed E-state index contributed by atoms with van der Waals surface area (Å²) in [6.07, 6.45) is -2.99. The molecule has 0 aromatic rings. The van der Waals surface area contributed by atoms with Crippen molar-refractivity contribution in [3.05, 3.63) is 0 Å². The number of halogens is 3. The third-order valence-electron chi connectivity index (χ3n) is 2.73. The zero-order valence-corrected chi connectivity index (χ0v) is 10.8. The first-order valence-corrected chi connectivity index (χ1v) is 5.88. The lowest BCUT2D eigenvalue weighted by Crippen LogP contribution is -2.50. The van der Waals surface area contributed by atoms with E-state index in [0.29, 0.717) is 12.8 Å². The smallest absolute Gasteiger partial charge is 0.401 e. The Morgan fingerprint density at radius 1 is 1.42 bits per heavy atom. The Kier molecular flexibility index (Phi) is 5.16. The molecule has 0 spiro atoms. The monoisotopic (exact) mass is 282 g/mol. The van der Waals surface area contributed by atoms with E-state index in [1.54, 1.807) is 0 Å². The van der Waals surface area contributed by atoms with E-state index in [9.17, 15) is 22.8 Å². The fourth-order valence-corrected chi connectivity index (χ4v) is 1.81. The van der Waals surface area contributed by atoms with Crippen molar-refractivity contribution in [2.75, 3.05) is 20.2 Å². The second-order valence-electron chi connectivity index (χ2n) is 4.55. The van der Waals surface area contributed by atoms with Crippen LogP contribution in [0.1, 0.15) is 19.8 Å². The summed E-state index contributed by atoms with van der Waals surface area (Å²) in [6.45, 7) is -0.0949. The second-order valence-corrected chi connectivity index (χ2v) is 4.55. The van der Waals surface area contributed by atoms with Crippen LogP contribution >= 0.6 is 0 Å². The van der Waals surface area contributed by atoms with Crippen molar-refractivity contribution in [2.45, 2.75) is 38.0 Å². The SMILES string of the molecule is COC(=O)C(CN(CC(F)(F)F)C1CC1)NC(C)=O. The Bertz CT molecular complexity index is 343. The highest BCUT2D eigenvalue weighted by molar-refractivity contribution is 5.83. The molecule has 8 heteroatoms. The molecule has 0 radical (unpaired) electrons. The van der Waals surface area contributed by atoms with Crippen molar-refractivity contribution < 1.29 is 27.5 Å².